The summed E-state index contributed by atoms with van der Waals surface area (Å²) >= 11 is 5.33. The van der Waals surface area contributed by atoms with Crippen LogP contribution in [-0.2, 0) is 9.53 Å². The molecule has 1 rings (SSSR count). The van der Waals surface area contributed by atoms with Gasteiger partial charge in [-0.15, -0.1) is 0 Å². The van der Waals surface area contributed by atoms with Gasteiger partial charge in [0.15, 0.2) is 0 Å². The molecule has 0 radical (unpaired) electrons. The summed E-state index contributed by atoms with van der Waals surface area (Å²) in [6.45, 7) is 2.52. The molecule has 0 saturated heterocycles. The predicted molar refractivity (Wildman–Crippen MR) is 69.6 cm³/mol. The summed E-state index contributed by atoms with van der Waals surface area (Å²) in [5, 5.41) is -0.336. The molecule has 1 aliphatic rings. The largest absolute Gasteiger partial charge is 0.491 e. The molecule has 17 heavy (non-hydrogen) atoms. The summed E-state index contributed by atoms with van der Waals surface area (Å²) in [5.74, 6) is 0.910. The third-order valence-electron chi connectivity index (χ3n) is 2.50. The quantitative estimate of drug-likeness (QED) is 0.586. The van der Waals surface area contributed by atoms with Crippen molar-refractivity contribution in [1.82, 2.24) is 0 Å². The normalized spacial score (nSPS) is 20.1. The summed E-state index contributed by atoms with van der Waals surface area (Å²) in [5.41, 5.74) is 6.43. The van der Waals surface area contributed by atoms with Gasteiger partial charge in [-0.3, -0.25) is 4.79 Å². The van der Waals surface area contributed by atoms with Crippen molar-refractivity contribution >= 4 is 16.8 Å². The SMILES string of the molecule is C/C=C(\CCN)OC1C=CC(CC(=O)Cl)=CC1. The molecule has 1 aliphatic carbocycles. The second-order valence-electron chi connectivity index (χ2n) is 3.86. The molecule has 0 bridgehead atoms. The number of hydrogen-bond acceptors (Lipinski definition) is 3. The van der Waals surface area contributed by atoms with Crippen molar-refractivity contribution in [3.05, 3.63) is 35.6 Å². The lowest BCUT2D eigenvalue weighted by molar-refractivity contribution is -0.111. The number of halogens is 1. The number of allylic oxidation sites excluding steroid dienone is 3. The van der Waals surface area contributed by atoms with Crippen LogP contribution in [0, 0.1) is 0 Å². The molecule has 4 heteroatoms. The first kappa shape index (κ1) is 14.0. The highest BCUT2D eigenvalue weighted by Crippen LogP contribution is 2.19. The Kier molecular flexibility index (Phi) is 6.01. The van der Waals surface area contributed by atoms with E-state index in [1.54, 1.807) is 0 Å². The lowest BCUT2D eigenvalue weighted by Crippen LogP contribution is -2.13. The molecule has 94 valence electrons. The summed E-state index contributed by atoms with van der Waals surface area (Å²) in [4.78, 5) is 10.7. The molecule has 0 aromatic carbocycles. The van der Waals surface area contributed by atoms with E-state index < -0.39 is 0 Å². The van der Waals surface area contributed by atoms with Gasteiger partial charge in [0.1, 0.15) is 6.10 Å². The minimum Gasteiger partial charge on any atom is -0.491 e. The van der Waals surface area contributed by atoms with Crippen molar-refractivity contribution in [2.24, 2.45) is 5.73 Å². The predicted octanol–water partition coefficient (Wildman–Crippen LogP) is 2.67. The van der Waals surface area contributed by atoms with E-state index in [1.165, 1.54) is 0 Å². The highest BCUT2D eigenvalue weighted by Gasteiger charge is 2.12. The highest BCUT2D eigenvalue weighted by atomic mass is 35.5. The molecular formula is C13H18ClNO2. The van der Waals surface area contributed by atoms with Gasteiger partial charge in [-0.05, 0) is 42.8 Å². The van der Waals surface area contributed by atoms with E-state index in [2.05, 4.69) is 0 Å². The van der Waals surface area contributed by atoms with Crippen molar-refractivity contribution in [3.8, 4) is 0 Å². The van der Waals surface area contributed by atoms with Crippen LogP contribution in [0.5, 0.6) is 0 Å². The maximum atomic E-state index is 10.7. The van der Waals surface area contributed by atoms with Crippen LogP contribution in [-0.4, -0.2) is 17.9 Å². The molecule has 0 aromatic rings. The van der Waals surface area contributed by atoms with Crippen LogP contribution in [0.25, 0.3) is 0 Å². The Balaban J connectivity index is 2.45. The smallest absolute Gasteiger partial charge is 0.226 e. The molecule has 1 unspecified atom stereocenters. The minimum atomic E-state index is -0.336. The maximum Gasteiger partial charge on any atom is 0.226 e. The van der Waals surface area contributed by atoms with E-state index in [0.29, 0.717) is 6.54 Å². The lowest BCUT2D eigenvalue weighted by atomic mass is 10.0. The monoisotopic (exact) mass is 255 g/mol. The number of ether oxygens (including phenoxy) is 1. The Bertz CT molecular complexity index is 358. The topological polar surface area (TPSA) is 52.3 Å². The van der Waals surface area contributed by atoms with Crippen LogP contribution in [0.2, 0.25) is 0 Å². The molecule has 0 aliphatic heterocycles. The molecule has 3 nitrogen and oxygen atoms in total. The Morgan fingerprint density at radius 1 is 1.71 bits per heavy atom. The Morgan fingerprint density at radius 2 is 2.47 bits per heavy atom. The van der Waals surface area contributed by atoms with Crippen LogP contribution in [0.4, 0.5) is 0 Å². The fourth-order valence-corrected chi connectivity index (χ4v) is 1.79. The van der Waals surface area contributed by atoms with Crippen LogP contribution in [0.3, 0.4) is 0 Å². The zero-order valence-electron chi connectivity index (χ0n) is 9.99. The lowest BCUT2D eigenvalue weighted by Gasteiger charge is -2.19. The van der Waals surface area contributed by atoms with E-state index in [1.807, 2.05) is 31.2 Å². The molecule has 0 spiro atoms. The fraction of sp³-hybridized carbons (Fsp3) is 0.462. The van der Waals surface area contributed by atoms with E-state index in [-0.39, 0.29) is 17.8 Å². The van der Waals surface area contributed by atoms with E-state index >= 15 is 0 Å². The van der Waals surface area contributed by atoms with Gasteiger partial charge in [-0.25, -0.2) is 0 Å². The van der Waals surface area contributed by atoms with E-state index in [0.717, 1.165) is 24.2 Å². The van der Waals surface area contributed by atoms with Crippen molar-refractivity contribution < 1.29 is 9.53 Å². The minimum absolute atomic E-state index is 0.0296. The van der Waals surface area contributed by atoms with Gasteiger partial charge in [0.2, 0.25) is 5.24 Å². The van der Waals surface area contributed by atoms with Crippen LogP contribution in [0.1, 0.15) is 26.2 Å². The van der Waals surface area contributed by atoms with Crippen molar-refractivity contribution in [2.75, 3.05) is 6.54 Å². The first-order valence-electron chi connectivity index (χ1n) is 5.73. The van der Waals surface area contributed by atoms with E-state index in [4.69, 9.17) is 22.1 Å². The zero-order chi connectivity index (χ0) is 12.7. The molecule has 0 aromatic heterocycles. The van der Waals surface area contributed by atoms with Crippen LogP contribution < -0.4 is 5.73 Å². The average molecular weight is 256 g/mol. The number of carbonyl (C=O) groups is 1. The molecule has 1 atom stereocenters. The molecule has 0 heterocycles. The standard InChI is InChI=1S/C13H18ClNO2/c1-2-11(7-8-15)17-12-5-3-10(4-6-12)9-13(14)16/h2-5,12H,6-9,15H2,1H3/b11-2+. The summed E-state index contributed by atoms with van der Waals surface area (Å²) < 4.78 is 5.77. The van der Waals surface area contributed by atoms with Gasteiger partial charge in [-0.2, -0.15) is 0 Å². The second-order valence-corrected chi connectivity index (χ2v) is 4.28. The number of carbonyl (C=O) groups excluding carboxylic acids is 1. The van der Waals surface area contributed by atoms with Gasteiger partial charge >= 0.3 is 0 Å². The van der Waals surface area contributed by atoms with Crippen molar-refractivity contribution in [3.63, 3.8) is 0 Å². The Labute approximate surface area is 107 Å². The summed E-state index contributed by atoms with van der Waals surface area (Å²) in [6, 6.07) is 0. The van der Waals surface area contributed by atoms with Crippen molar-refractivity contribution in [1.29, 1.82) is 0 Å². The Morgan fingerprint density at radius 3 is 2.94 bits per heavy atom. The Hall–Kier alpha value is -1.06. The number of hydrogen-bond donors (Lipinski definition) is 1. The first-order chi connectivity index (χ1) is 8.15. The van der Waals surface area contributed by atoms with E-state index in [9.17, 15) is 4.79 Å². The third-order valence-corrected chi connectivity index (χ3v) is 2.63. The van der Waals surface area contributed by atoms with Gasteiger partial charge in [0, 0.05) is 19.3 Å². The molecule has 0 amide bonds. The van der Waals surface area contributed by atoms with Gasteiger partial charge in [0.25, 0.3) is 0 Å². The van der Waals surface area contributed by atoms with Crippen molar-refractivity contribution in [2.45, 2.75) is 32.3 Å². The molecule has 0 saturated carbocycles. The average Bonchev–Trinajstić information content (AvgIpc) is 2.30. The molecular weight excluding hydrogens is 238 g/mol. The highest BCUT2D eigenvalue weighted by molar-refractivity contribution is 6.63. The van der Waals surface area contributed by atoms with Crippen LogP contribution in [0.15, 0.2) is 35.6 Å². The number of nitrogens with two attached hydrogens (primary N) is 1. The second kappa shape index (κ2) is 7.30. The molecule has 0 fully saturated rings. The number of rotatable bonds is 6. The van der Waals surface area contributed by atoms with Gasteiger partial charge < -0.3 is 10.5 Å². The summed E-state index contributed by atoms with van der Waals surface area (Å²) in [7, 11) is 0. The first-order valence-corrected chi connectivity index (χ1v) is 6.11. The van der Waals surface area contributed by atoms with Crippen LogP contribution >= 0.6 is 11.6 Å². The fourth-order valence-electron chi connectivity index (χ4n) is 1.63. The zero-order valence-corrected chi connectivity index (χ0v) is 10.7. The summed E-state index contributed by atoms with van der Waals surface area (Å²) in [6.07, 6.45) is 9.59. The third kappa shape index (κ3) is 5.20. The molecule has 2 N–H and O–H groups in total. The van der Waals surface area contributed by atoms with Gasteiger partial charge in [0.05, 0.1) is 5.76 Å². The van der Waals surface area contributed by atoms with Gasteiger partial charge in [-0.1, -0.05) is 12.2 Å². The maximum absolute atomic E-state index is 10.7.